The minimum absolute atomic E-state index is 0.168. The van der Waals surface area contributed by atoms with Gasteiger partial charge in [-0.25, -0.2) is 9.78 Å². The number of nitrogens with zero attached hydrogens (tertiary/aromatic N) is 4. The maximum atomic E-state index is 13.1. The minimum atomic E-state index is -0.410. The normalized spacial score (nSPS) is 17.9. The second-order valence-corrected chi connectivity index (χ2v) is 8.21. The molecule has 2 aromatic carbocycles. The molecule has 1 aliphatic rings. The standard InChI is InChI=1S/C28H29N5O2/c1-3-9-21(4-2)25(22-10-6-5-7-11-22)30-27-26(23-12-14-24(34)15-13-23)33(28(35)31-27)18-8-17-32-19-16-29-20-32/h3-7,9-16,19-20,25-26,34H,1-2,8,17-18H2,(H,30,31,35)/b21-9+. The van der Waals surface area contributed by atoms with Gasteiger partial charge in [0.1, 0.15) is 23.7 Å². The molecule has 1 saturated heterocycles. The molecule has 0 bridgehead atoms. The number of hydrogen-bond donors (Lipinski definition) is 2. The van der Waals surface area contributed by atoms with Gasteiger partial charge in [-0.3, -0.25) is 10.3 Å². The van der Waals surface area contributed by atoms with Gasteiger partial charge < -0.3 is 14.6 Å². The number of allylic oxidation sites excluding steroid dienone is 2. The van der Waals surface area contributed by atoms with E-state index in [0.29, 0.717) is 12.4 Å². The van der Waals surface area contributed by atoms with Crippen molar-refractivity contribution in [3.05, 3.63) is 121 Å². The summed E-state index contributed by atoms with van der Waals surface area (Å²) in [5, 5.41) is 12.8. The summed E-state index contributed by atoms with van der Waals surface area (Å²) in [4.78, 5) is 24.0. The topological polar surface area (TPSA) is 82.8 Å². The second-order valence-electron chi connectivity index (χ2n) is 8.21. The highest BCUT2D eigenvalue weighted by Gasteiger charge is 2.38. The molecule has 0 saturated carbocycles. The van der Waals surface area contributed by atoms with Gasteiger partial charge >= 0.3 is 6.03 Å². The van der Waals surface area contributed by atoms with Gasteiger partial charge in [0.15, 0.2) is 0 Å². The third-order valence-electron chi connectivity index (χ3n) is 5.90. The number of carbonyl (C=O) groups excluding carboxylic acids is 1. The number of aliphatic imine (C=N–C) groups is 1. The number of benzene rings is 2. The molecule has 2 heterocycles. The first-order valence-corrected chi connectivity index (χ1v) is 11.5. The van der Waals surface area contributed by atoms with Crippen LogP contribution in [0.3, 0.4) is 0 Å². The molecule has 3 aromatic rings. The number of rotatable bonds is 10. The summed E-state index contributed by atoms with van der Waals surface area (Å²) in [6.45, 7) is 9.06. The van der Waals surface area contributed by atoms with Gasteiger partial charge in [-0.15, -0.1) is 0 Å². The average molecular weight is 468 g/mol. The van der Waals surface area contributed by atoms with Crippen LogP contribution in [-0.4, -0.2) is 38.0 Å². The zero-order valence-corrected chi connectivity index (χ0v) is 19.5. The highest BCUT2D eigenvalue weighted by molar-refractivity contribution is 6.07. The molecule has 0 aliphatic carbocycles. The van der Waals surface area contributed by atoms with Crippen LogP contribution in [0.4, 0.5) is 4.79 Å². The smallest absolute Gasteiger partial charge is 0.323 e. The van der Waals surface area contributed by atoms with E-state index < -0.39 is 6.04 Å². The Morgan fingerprint density at radius 2 is 1.91 bits per heavy atom. The van der Waals surface area contributed by atoms with E-state index in [9.17, 15) is 9.90 Å². The van der Waals surface area contributed by atoms with Crippen LogP contribution in [-0.2, 0) is 6.54 Å². The van der Waals surface area contributed by atoms with Gasteiger partial charge in [-0.05, 0) is 35.3 Å². The molecule has 7 nitrogen and oxygen atoms in total. The maximum absolute atomic E-state index is 13.1. The molecule has 4 rings (SSSR count). The Morgan fingerprint density at radius 1 is 1.14 bits per heavy atom. The fraction of sp³-hybridized carbons (Fsp3) is 0.179. The Morgan fingerprint density at radius 3 is 2.57 bits per heavy atom. The van der Waals surface area contributed by atoms with Crippen LogP contribution in [0.1, 0.15) is 29.6 Å². The number of imidazole rings is 1. The lowest BCUT2D eigenvalue weighted by Crippen LogP contribution is -2.31. The van der Waals surface area contributed by atoms with Gasteiger partial charge in [-0.1, -0.05) is 73.9 Å². The van der Waals surface area contributed by atoms with Gasteiger partial charge in [-0.2, -0.15) is 0 Å². The van der Waals surface area contributed by atoms with E-state index in [0.717, 1.165) is 29.7 Å². The van der Waals surface area contributed by atoms with Gasteiger partial charge in [0.25, 0.3) is 0 Å². The van der Waals surface area contributed by atoms with E-state index in [1.807, 2.05) is 59.3 Å². The molecule has 1 aliphatic heterocycles. The van der Waals surface area contributed by atoms with E-state index in [1.165, 1.54) is 0 Å². The zero-order chi connectivity index (χ0) is 24.6. The molecule has 178 valence electrons. The first-order valence-electron chi connectivity index (χ1n) is 11.5. The lowest BCUT2D eigenvalue weighted by atomic mass is 9.98. The van der Waals surface area contributed by atoms with Crippen molar-refractivity contribution in [2.45, 2.75) is 25.0 Å². The second kappa shape index (κ2) is 11.2. The number of phenolic OH excluding ortho intramolecular Hbond substituents is 1. The van der Waals surface area contributed by atoms with Crippen LogP contribution < -0.4 is 5.32 Å². The first-order chi connectivity index (χ1) is 17.1. The van der Waals surface area contributed by atoms with Crippen molar-refractivity contribution in [1.82, 2.24) is 19.8 Å². The average Bonchev–Trinajstić information content (AvgIpc) is 3.50. The molecule has 2 unspecified atom stereocenters. The predicted molar refractivity (Wildman–Crippen MR) is 138 cm³/mol. The fourth-order valence-electron chi connectivity index (χ4n) is 4.21. The first kappa shape index (κ1) is 23.8. The Balaban J connectivity index is 1.71. The number of aromatic hydroxyl groups is 1. The predicted octanol–water partition coefficient (Wildman–Crippen LogP) is 5.18. The molecule has 2 N–H and O–H groups in total. The zero-order valence-electron chi connectivity index (χ0n) is 19.5. The quantitative estimate of drug-likeness (QED) is 0.403. The Labute approximate surface area is 205 Å². The number of amides is 2. The van der Waals surface area contributed by atoms with E-state index in [1.54, 1.807) is 41.7 Å². The molecular weight excluding hydrogens is 438 g/mol. The number of nitrogens with one attached hydrogen (secondary N) is 1. The molecule has 35 heavy (non-hydrogen) atoms. The summed E-state index contributed by atoms with van der Waals surface area (Å²) < 4.78 is 1.99. The molecular formula is C28H29N5O2. The number of phenols is 1. The molecule has 0 radical (unpaired) electrons. The lowest BCUT2D eigenvalue weighted by Gasteiger charge is -2.24. The molecule has 1 aromatic heterocycles. The molecule has 2 atom stereocenters. The largest absolute Gasteiger partial charge is 0.508 e. The monoisotopic (exact) mass is 467 g/mol. The van der Waals surface area contributed by atoms with Crippen molar-refractivity contribution in [3.63, 3.8) is 0 Å². The summed E-state index contributed by atoms with van der Waals surface area (Å²) in [6.07, 6.45) is 11.5. The van der Waals surface area contributed by atoms with Crippen molar-refractivity contribution in [2.24, 2.45) is 4.99 Å². The number of hydrogen-bond acceptors (Lipinski definition) is 4. The van der Waals surface area contributed by atoms with Gasteiger partial charge in [0.2, 0.25) is 0 Å². The summed E-state index contributed by atoms with van der Waals surface area (Å²) in [6, 6.07) is 15.8. The van der Waals surface area contributed by atoms with Crippen molar-refractivity contribution in [2.75, 3.05) is 6.54 Å². The van der Waals surface area contributed by atoms with Crippen LogP contribution in [0.25, 0.3) is 0 Å². The molecule has 2 amide bonds. The Kier molecular flexibility index (Phi) is 7.57. The van der Waals surface area contributed by atoms with Crippen LogP contribution in [0.5, 0.6) is 5.75 Å². The molecule has 7 heteroatoms. The third-order valence-corrected chi connectivity index (χ3v) is 5.90. The maximum Gasteiger partial charge on any atom is 0.323 e. The van der Waals surface area contributed by atoms with E-state index in [4.69, 9.17) is 4.99 Å². The Bertz CT molecular complexity index is 1210. The van der Waals surface area contributed by atoms with Crippen LogP contribution in [0.2, 0.25) is 0 Å². The lowest BCUT2D eigenvalue weighted by molar-refractivity contribution is 0.204. The molecule has 1 fully saturated rings. The van der Waals surface area contributed by atoms with Crippen LogP contribution in [0, 0.1) is 0 Å². The number of carbonyl (C=O) groups is 1. The minimum Gasteiger partial charge on any atom is -0.508 e. The SMILES string of the molecule is C=C/C=C(\C=C)C(N=C1NC(=O)N(CCCn2ccnc2)C1c1ccc(O)cc1)c1ccccc1. The van der Waals surface area contributed by atoms with E-state index in [2.05, 4.69) is 23.5 Å². The fourth-order valence-corrected chi connectivity index (χ4v) is 4.21. The summed E-state index contributed by atoms with van der Waals surface area (Å²) >= 11 is 0. The van der Waals surface area contributed by atoms with Crippen molar-refractivity contribution in [3.8, 4) is 5.75 Å². The van der Waals surface area contributed by atoms with E-state index >= 15 is 0 Å². The van der Waals surface area contributed by atoms with Gasteiger partial charge in [0.05, 0.1) is 6.33 Å². The summed E-state index contributed by atoms with van der Waals surface area (Å²) in [5.74, 6) is 0.718. The highest BCUT2D eigenvalue weighted by atomic mass is 16.3. The number of urea groups is 1. The van der Waals surface area contributed by atoms with Gasteiger partial charge in [0, 0.05) is 25.5 Å². The summed E-state index contributed by atoms with van der Waals surface area (Å²) in [7, 11) is 0. The third kappa shape index (κ3) is 5.58. The number of aromatic nitrogens is 2. The van der Waals surface area contributed by atoms with Crippen molar-refractivity contribution < 1.29 is 9.90 Å². The highest BCUT2D eigenvalue weighted by Crippen LogP contribution is 2.33. The number of aryl methyl sites for hydroxylation is 1. The van der Waals surface area contributed by atoms with Crippen molar-refractivity contribution in [1.29, 1.82) is 0 Å². The van der Waals surface area contributed by atoms with E-state index in [-0.39, 0.29) is 17.8 Å². The Hall–Kier alpha value is -4.39. The summed E-state index contributed by atoms with van der Waals surface area (Å²) in [5.41, 5.74) is 2.71. The number of amidine groups is 1. The van der Waals surface area contributed by atoms with Crippen molar-refractivity contribution >= 4 is 11.9 Å². The van der Waals surface area contributed by atoms with Crippen LogP contribution in [0.15, 0.2) is 115 Å². The van der Waals surface area contributed by atoms with Crippen LogP contribution >= 0.6 is 0 Å². The molecule has 0 spiro atoms.